The molecule has 3 saturated heterocycles. The first-order chi connectivity index (χ1) is 12.8. The van der Waals surface area contributed by atoms with Crippen LogP contribution in [0.15, 0.2) is 12.1 Å². The van der Waals surface area contributed by atoms with Gasteiger partial charge in [-0.05, 0) is 43.2 Å². The number of aromatic nitrogens is 1. The Balaban J connectivity index is 1.27. The number of pyridine rings is 1. The molecule has 4 aliphatic heterocycles. The van der Waals surface area contributed by atoms with E-state index in [1.165, 1.54) is 49.8 Å². The fourth-order valence-electron chi connectivity index (χ4n) is 5.36. The summed E-state index contributed by atoms with van der Waals surface area (Å²) in [7, 11) is 0. The number of piperidine rings is 2. The number of anilines is 1. The van der Waals surface area contributed by atoms with Crippen LogP contribution in [0.4, 0.5) is 5.82 Å². The van der Waals surface area contributed by atoms with Crippen molar-refractivity contribution in [1.82, 2.24) is 15.2 Å². The summed E-state index contributed by atoms with van der Waals surface area (Å²) >= 11 is 0. The predicted molar refractivity (Wildman–Crippen MR) is 102 cm³/mol. The van der Waals surface area contributed by atoms with Gasteiger partial charge in [-0.2, -0.15) is 0 Å². The van der Waals surface area contributed by atoms with Crippen molar-refractivity contribution in [3.63, 3.8) is 0 Å². The van der Waals surface area contributed by atoms with Gasteiger partial charge in [0.05, 0.1) is 0 Å². The number of nitrogens with zero attached hydrogens (tertiary/aromatic N) is 3. The van der Waals surface area contributed by atoms with Gasteiger partial charge in [-0.15, -0.1) is 0 Å². The molecule has 2 atom stereocenters. The molecule has 1 N–H and O–H groups in total. The molecule has 5 nitrogen and oxygen atoms in total. The zero-order valence-electron chi connectivity index (χ0n) is 15.6. The Hall–Kier alpha value is -1.62. The van der Waals surface area contributed by atoms with Crippen molar-refractivity contribution in [2.45, 2.75) is 70.0 Å². The molecule has 5 heteroatoms. The molecule has 1 amide bonds. The standard InChI is InChI=1S/C21H30N4O/c26-21(11-15-3-1-2-4-15)24-10-9-19-16(13-24)5-8-20(23-19)25-14-17-6-7-18(25)12-22-17/h5,8,15,17-18,22H,1-4,6-7,9-14H2. The van der Waals surface area contributed by atoms with Crippen LogP contribution in [0.1, 0.15) is 56.2 Å². The van der Waals surface area contributed by atoms with Gasteiger partial charge in [-0.3, -0.25) is 4.79 Å². The minimum Gasteiger partial charge on any atom is -0.351 e. The fraction of sp³-hybridized carbons (Fsp3) is 0.714. The van der Waals surface area contributed by atoms with Gasteiger partial charge in [0.25, 0.3) is 0 Å². The number of carbonyl (C=O) groups is 1. The molecular formula is C21H30N4O. The highest BCUT2D eigenvalue weighted by atomic mass is 16.2. The zero-order chi connectivity index (χ0) is 17.5. The second-order valence-electron chi connectivity index (χ2n) is 8.68. The second kappa shape index (κ2) is 6.84. The number of hydrogen-bond donors (Lipinski definition) is 1. The lowest BCUT2D eigenvalue weighted by atomic mass is 9.93. The molecule has 0 radical (unpaired) electrons. The molecule has 4 fully saturated rings. The number of carbonyl (C=O) groups excluding carboxylic acids is 1. The van der Waals surface area contributed by atoms with E-state index in [4.69, 9.17) is 4.98 Å². The molecule has 0 aromatic carbocycles. The lowest BCUT2D eigenvalue weighted by molar-refractivity contribution is -0.133. The maximum atomic E-state index is 12.7. The topological polar surface area (TPSA) is 48.5 Å². The Morgan fingerprint density at radius 3 is 2.81 bits per heavy atom. The summed E-state index contributed by atoms with van der Waals surface area (Å²) in [6.07, 6.45) is 9.33. The van der Waals surface area contributed by atoms with E-state index in [0.29, 0.717) is 23.9 Å². The minimum absolute atomic E-state index is 0.353. The quantitative estimate of drug-likeness (QED) is 0.906. The first-order valence-electron chi connectivity index (χ1n) is 10.5. The van der Waals surface area contributed by atoms with E-state index in [2.05, 4.69) is 27.2 Å². The van der Waals surface area contributed by atoms with Crippen LogP contribution < -0.4 is 10.2 Å². The molecule has 140 valence electrons. The van der Waals surface area contributed by atoms with Crippen LogP contribution in [0.2, 0.25) is 0 Å². The van der Waals surface area contributed by atoms with Gasteiger partial charge in [-0.25, -0.2) is 4.98 Å². The molecular weight excluding hydrogens is 324 g/mol. The summed E-state index contributed by atoms with van der Waals surface area (Å²) in [5.74, 6) is 2.13. The monoisotopic (exact) mass is 354 g/mol. The summed E-state index contributed by atoms with van der Waals surface area (Å²) in [5.41, 5.74) is 2.46. The van der Waals surface area contributed by atoms with Crippen LogP contribution in [0.25, 0.3) is 0 Å². The average Bonchev–Trinajstić information content (AvgIpc) is 3.21. The van der Waals surface area contributed by atoms with Crippen molar-refractivity contribution in [2.24, 2.45) is 5.92 Å². The van der Waals surface area contributed by atoms with E-state index >= 15 is 0 Å². The van der Waals surface area contributed by atoms with Crippen LogP contribution in [0.5, 0.6) is 0 Å². The van der Waals surface area contributed by atoms with E-state index in [-0.39, 0.29) is 0 Å². The summed E-state index contributed by atoms with van der Waals surface area (Å²) < 4.78 is 0. The van der Waals surface area contributed by atoms with E-state index in [1.807, 2.05) is 0 Å². The van der Waals surface area contributed by atoms with Gasteiger partial charge >= 0.3 is 0 Å². The number of hydrogen-bond acceptors (Lipinski definition) is 4. The first-order valence-corrected chi connectivity index (χ1v) is 10.5. The van der Waals surface area contributed by atoms with E-state index < -0.39 is 0 Å². The molecule has 1 aromatic heterocycles. The number of nitrogens with one attached hydrogen (secondary N) is 1. The maximum Gasteiger partial charge on any atom is 0.223 e. The lowest BCUT2D eigenvalue weighted by Gasteiger charge is -2.46. The van der Waals surface area contributed by atoms with Crippen molar-refractivity contribution >= 4 is 11.7 Å². The summed E-state index contributed by atoms with van der Waals surface area (Å²) in [6, 6.07) is 5.63. The van der Waals surface area contributed by atoms with Crippen LogP contribution in [-0.2, 0) is 17.8 Å². The number of piperazine rings is 1. The molecule has 2 bridgehead atoms. The number of amides is 1. The largest absolute Gasteiger partial charge is 0.351 e. The smallest absolute Gasteiger partial charge is 0.223 e. The van der Waals surface area contributed by atoms with E-state index in [0.717, 1.165) is 44.8 Å². The minimum atomic E-state index is 0.353. The van der Waals surface area contributed by atoms with Gasteiger partial charge in [-0.1, -0.05) is 18.9 Å². The van der Waals surface area contributed by atoms with Gasteiger partial charge in [0.15, 0.2) is 0 Å². The molecule has 2 unspecified atom stereocenters. The fourth-order valence-corrected chi connectivity index (χ4v) is 5.36. The average molecular weight is 354 g/mol. The van der Waals surface area contributed by atoms with Gasteiger partial charge in [0.1, 0.15) is 5.82 Å². The van der Waals surface area contributed by atoms with E-state index in [9.17, 15) is 4.79 Å². The van der Waals surface area contributed by atoms with Crippen LogP contribution in [0, 0.1) is 5.92 Å². The Morgan fingerprint density at radius 2 is 2.08 bits per heavy atom. The highest BCUT2D eigenvalue weighted by molar-refractivity contribution is 5.76. The van der Waals surface area contributed by atoms with E-state index in [1.54, 1.807) is 0 Å². The zero-order valence-corrected chi connectivity index (χ0v) is 15.6. The van der Waals surface area contributed by atoms with Crippen molar-refractivity contribution < 1.29 is 4.79 Å². The molecule has 26 heavy (non-hydrogen) atoms. The van der Waals surface area contributed by atoms with Gasteiger partial charge in [0, 0.05) is 56.8 Å². The summed E-state index contributed by atoms with van der Waals surface area (Å²) in [5, 5.41) is 3.61. The Kier molecular flexibility index (Phi) is 4.35. The molecule has 5 aliphatic rings. The highest BCUT2D eigenvalue weighted by Crippen LogP contribution is 2.31. The first kappa shape index (κ1) is 16.5. The summed E-state index contributed by atoms with van der Waals surface area (Å²) in [6.45, 7) is 3.76. The molecule has 5 heterocycles. The lowest BCUT2D eigenvalue weighted by Crippen LogP contribution is -2.61. The molecule has 0 spiro atoms. The number of fused-ring (bicyclic) bond motifs is 4. The number of rotatable bonds is 3. The molecule has 1 saturated carbocycles. The normalized spacial score (nSPS) is 28.5. The van der Waals surface area contributed by atoms with Crippen LogP contribution in [0.3, 0.4) is 0 Å². The Morgan fingerprint density at radius 1 is 1.19 bits per heavy atom. The highest BCUT2D eigenvalue weighted by Gasteiger charge is 2.34. The molecule has 6 rings (SSSR count). The second-order valence-corrected chi connectivity index (χ2v) is 8.68. The predicted octanol–water partition coefficient (Wildman–Crippen LogP) is 2.49. The third-order valence-corrected chi connectivity index (χ3v) is 6.97. The maximum absolute atomic E-state index is 12.7. The third-order valence-electron chi connectivity index (χ3n) is 6.97. The van der Waals surface area contributed by atoms with Crippen molar-refractivity contribution in [2.75, 3.05) is 24.5 Å². The SMILES string of the molecule is O=C(CC1CCCC1)N1CCc2nc(N3CC4CCC3CN4)ccc2C1. The molecule has 1 aromatic rings. The van der Waals surface area contributed by atoms with Crippen LogP contribution in [-0.4, -0.2) is 47.5 Å². The van der Waals surface area contributed by atoms with Gasteiger partial charge < -0.3 is 15.1 Å². The summed E-state index contributed by atoms with van der Waals surface area (Å²) in [4.78, 5) is 22.2. The third kappa shape index (κ3) is 3.11. The van der Waals surface area contributed by atoms with Crippen molar-refractivity contribution in [3.8, 4) is 0 Å². The van der Waals surface area contributed by atoms with Crippen LogP contribution >= 0.6 is 0 Å². The molecule has 1 aliphatic carbocycles. The van der Waals surface area contributed by atoms with Crippen molar-refractivity contribution in [3.05, 3.63) is 23.4 Å². The Labute approximate surface area is 156 Å². The van der Waals surface area contributed by atoms with Crippen molar-refractivity contribution in [1.29, 1.82) is 0 Å². The Bertz CT molecular complexity index is 677. The van der Waals surface area contributed by atoms with Gasteiger partial charge in [0.2, 0.25) is 5.91 Å².